The lowest BCUT2D eigenvalue weighted by Crippen LogP contribution is -2.20. The third kappa shape index (κ3) is 2.47. The van der Waals surface area contributed by atoms with Crippen molar-refractivity contribution in [1.29, 1.82) is 0 Å². The minimum atomic E-state index is -1.08. The molecular formula is C15H16O4. The van der Waals surface area contributed by atoms with Gasteiger partial charge in [-0.05, 0) is 24.0 Å². The fraction of sp³-hybridized carbons (Fsp3) is 0.267. The van der Waals surface area contributed by atoms with Gasteiger partial charge in [0.25, 0.3) is 0 Å². The van der Waals surface area contributed by atoms with Crippen molar-refractivity contribution in [2.45, 2.75) is 20.3 Å². The molecule has 1 aromatic carbocycles. The van der Waals surface area contributed by atoms with Crippen LogP contribution >= 0.6 is 0 Å². The minimum absolute atomic E-state index is 0.0455. The predicted molar refractivity (Wildman–Crippen MR) is 71.8 cm³/mol. The summed E-state index contributed by atoms with van der Waals surface area (Å²) in [6, 6.07) is 6.40. The molecule has 1 aliphatic carbocycles. The second-order valence-electron chi connectivity index (χ2n) is 5.37. The van der Waals surface area contributed by atoms with Crippen molar-refractivity contribution in [1.82, 2.24) is 0 Å². The van der Waals surface area contributed by atoms with Crippen molar-refractivity contribution in [2.24, 2.45) is 5.41 Å². The van der Waals surface area contributed by atoms with Gasteiger partial charge in [0.05, 0.1) is 0 Å². The van der Waals surface area contributed by atoms with Gasteiger partial charge in [0, 0.05) is 16.7 Å². The molecule has 0 atom stereocenters. The number of hydrogen-bond donors (Lipinski definition) is 3. The molecular weight excluding hydrogens is 244 g/mol. The normalized spacial score (nSPS) is 18.1. The Morgan fingerprint density at radius 3 is 2.42 bits per heavy atom. The Bertz CT molecular complexity index is 594. The molecule has 0 radical (unpaired) electrons. The van der Waals surface area contributed by atoms with E-state index in [-0.39, 0.29) is 22.7 Å². The lowest BCUT2D eigenvalue weighted by molar-refractivity contribution is -0.133. The number of carboxylic acid groups (broad SMARTS) is 1. The molecule has 0 unspecified atom stereocenters. The molecule has 0 heterocycles. The lowest BCUT2D eigenvalue weighted by atomic mass is 9.77. The molecule has 0 aromatic heterocycles. The first-order chi connectivity index (χ1) is 8.82. The summed E-state index contributed by atoms with van der Waals surface area (Å²) in [5.74, 6) is -1.22. The summed E-state index contributed by atoms with van der Waals surface area (Å²) < 4.78 is 0. The van der Waals surface area contributed by atoms with Gasteiger partial charge in [0.15, 0.2) is 0 Å². The van der Waals surface area contributed by atoms with Gasteiger partial charge < -0.3 is 15.3 Å². The number of aliphatic carboxylic acids is 1. The van der Waals surface area contributed by atoms with E-state index in [9.17, 15) is 20.1 Å². The van der Waals surface area contributed by atoms with E-state index in [0.717, 1.165) is 0 Å². The maximum atomic E-state index is 11.4. The van der Waals surface area contributed by atoms with E-state index in [1.807, 2.05) is 13.8 Å². The highest BCUT2D eigenvalue weighted by atomic mass is 16.4. The highest BCUT2D eigenvalue weighted by molar-refractivity contribution is 6.01. The zero-order valence-corrected chi connectivity index (χ0v) is 10.8. The number of allylic oxidation sites excluding steroid dienone is 2. The molecule has 4 heteroatoms. The van der Waals surface area contributed by atoms with Crippen molar-refractivity contribution in [2.75, 3.05) is 0 Å². The number of phenols is 1. The Morgan fingerprint density at radius 2 is 1.84 bits per heavy atom. The zero-order chi connectivity index (χ0) is 14.2. The molecule has 0 saturated carbocycles. The van der Waals surface area contributed by atoms with Crippen LogP contribution in [-0.2, 0) is 4.79 Å². The van der Waals surface area contributed by atoms with Gasteiger partial charge in [-0.1, -0.05) is 32.0 Å². The SMILES string of the molecule is CC1(C)C=C(O)C(c2ccccc2O)=C(C(=O)O)C1. The molecule has 0 amide bonds. The maximum absolute atomic E-state index is 11.4. The second-order valence-corrected chi connectivity index (χ2v) is 5.37. The van der Waals surface area contributed by atoms with Crippen molar-refractivity contribution >= 4 is 11.5 Å². The summed E-state index contributed by atoms with van der Waals surface area (Å²) in [5.41, 5.74) is 0.228. The summed E-state index contributed by atoms with van der Waals surface area (Å²) in [6.45, 7) is 3.71. The Hall–Kier alpha value is -2.23. The molecule has 0 fully saturated rings. The lowest BCUT2D eigenvalue weighted by Gasteiger charge is -2.28. The fourth-order valence-corrected chi connectivity index (χ4v) is 2.36. The molecule has 0 saturated heterocycles. The van der Waals surface area contributed by atoms with Crippen molar-refractivity contribution < 1.29 is 20.1 Å². The van der Waals surface area contributed by atoms with Crippen LogP contribution in [0.4, 0.5) is 0 Å². The largest absolute Gasteiger partial charge is 0.508 e. The van der Waals surface area contributed by atoms with Crippen LogP contribution in [0.5, 0.6) is 5.75 Å². The number of carboxylic acids is 1. The molecule has 0 bridgehead atoms. The summed E-state index contributed by atoms with van der Waals surface area (Å²) in [7, 11) is 0. The van der Waals surface area contributed by atoms with Crippen LogP contribution in [-0.4, -0.2) is 21.3 Å². The minimum Gasteiger partial charge on any atom is -0.508 e. The van der Waals surface area contributed by atoms with Gasteiger partial charge in [-0.15, -0.1) is 0 Å². The monoisotopic (exact) mass is 260 g/mol. The molecule has 1 aromatic rings. The standard InChI is InChI=1S/C15H16O4/c1-15(2)7-10(14(18)19)13(12(17)8-15)9-5-3-4-6-11(9)16/h3-6,8,16-17H,7H2,1-2H3,(H,18,19). The summed E-state index contributed by atoms with van der Waals surface area (Å²) in [6.07, 6.45) is 1.93. The van der Waals surface area contributed by atoms with Crippen LogP contribution in [0.3, 0.4) is 0 Å². The van der Waals surface area contributed by atoms with Gasteiger partial charge in [0.2, 0.25) is 0 Å². The average molecular weight is 260 g/mol. The summed E-state index contributed by atoms with van der Waals surface area (Å²) in [5, 5.41) is 29.3. The van der Waals surface area contributed by atoms with Crippen LogP contribution in [0.15, 0.2) is 41.7 Å². The first-order valence-electron chi connectivity index (χ1n) is 5.99. The fourth-order valence-electron chi connectivity index (χ4n) is 2.36. The quantitative estimate of drug-likeness (QED) is 0.763. The number of benzene rings is 1. The van der Waals surface area contributed by atoms with Crippen LogP contribution in [0.1, 0.15) is 25.8 Å². The second kappa shape index (κ2) is 4.46. The van der Waals surface area contributed by atoms with Crippen LogP contribution in [0, 0.1) is 5.41 Å². The van der Waals surface area contributed by atoms with E-state index < -0.39 is 11.4 Å². The first kappa shape index (κ1) is 13.2. The Labute approximate surface area is 111 Å². The smallest absolute Gasteiger partial charge is 0.332 e. The molecule has 0 aliphatic heterocycles. The molecule has 100 valence electrons. The van der Waals surface area contributed by atoms with E-state index in [1.54, 1.807) is 24.3 Å². The van der Waals surface area contributed by atoms with E-state index >= 15 is 0 Å². The molecule has 3 N–H and O–H groups in total. The Balaban J connectivity index is 2.67. The highest BCUT2D eigenvalue weighted by Crippen LogP contribution is 2.42. The average Bonchev–Trinajstić information content (AvgIpc) is 2.28. The Kier molecular flexibility index (Phi) is 3.10. The van der Waals surface area contributed by atoms with Gasteiger partial charge in [0.1, 0.15) is 11.5 Å². The maximum Gasteiger partial charge on any atom is 0.332 e. The molecule has 4 nitrogen and oxygen atoms in total. The topological polar surface area (TPSA) is 77.8 Å². The van der Waals surface area contributed by atoms with Crippen molar-refractivity contribution in [3.8, 4) is 5.75 Å². The number of hydrogen-bond acceptors (Lipinski definition) is 3. The number of para-hydroxylation sites is 1. The summed E-state index contributed by atoms with van der Waals surface area (Å²) >= 11 is 0. The zero-order valence-electron chi connectivity index (χ0n) is 10.8. The van der Waals surface area contributed by atoms with Crippen LogP contribution in [0.25, 0.3) is 5.57 Å². The van der Waals surface area contributed by atoms with Crippen molar-refractivity contribution in [3.63, 3.8) is 0 Å². The molecule has 19 heavy (non-hydrogen) atoms. The highest BCUT2D eigenvalue weighted by Gasteiger charge is 2.32. The van der Waals surface area contributed by atoms with E-state index in [1.165, 1.54) is 6.07 Å². The third-order valence-electron chi connectivity index (χ3n) is 3.15. The van der Waals surface area contributed by atoms with Crippen molar-refractivity contribution in [3.05, 3.63) is 47.2 Å². The number of aliphatic hydroxyl groups is 1. The van der Waals surface area contributed by atoms with Gasteiger partial charge in [-0.3, -0.25) is 0 Å². The number of phenolic OH excluding ortho intramolecular Hbond substituents is 1. The van der Waals surface area contributed by atoms with E-state index in [2.05, 4.69) is 0 Å². The molecule has 0 spiro atoms. The number of carbonyl (C=O) groups is 1. The Morgan fingerprint density at radius 1 is 1.21 bits per heavy atom. The molecule has 2 rings (SSSR count). The van der Waals surface area contributed by atoms with Crippen LogP contribution in [0.2, 0.25) is 0 Å². The van der Waals surface area contributed by atoms with Crippen LogP contribution < -0.4 is 0 Å². The predicted octanol–water partition coefficient (Wildman–Crippen LogP) is 3.10. The third-order valence-corrected chi connectivity index (χ3v) is 3.15. The summed E-state index contributed by atoms with van der Waals surface area (Å²) in [4.78, 5) is 11.4. The van der Waals surface area contributed by atoms with Gasteiger partial charge >= 0.3 is 5.97 Å². The number of aromatic hydroxyl groups is 1. The number of rotatable bonds is 2. The number of aliphatic hydroxyl groups excluding tert-OH is 1. The molecule has 1 aliphatic rings. The van der Waals surface area contributed by atoms with Gasteiger partial charge in [-0.25, -0.2) is 4.79 Å². The first-order valence-corrected chi connectivity index (χ1v) is 5.99. The van der Waals surface area contributed by atoms with E-state index in [4.69, 9.17) is 0 Å². The van der Waals surface area contributed by atoms with E-state index in [0.29, 0.717) is 12.0 Å². The van der Waals surface area contributed by atoms with Gasteiger partial charge in [-0.2, -0.15) is 0 Å².